The Bertz CT molecular complexity index is 1070. The van der Waals surface area contributed by atoms with Crippen LogP contribution in [0.2, 0.25) is 0 Å². The number of likely N-dealkylation sites (tertiary alicyclic amines) is 1. The molecule has 2 saturated carbocycles. The fourth-order valence-electron chi connectivity index (χ4n) is 7.37. The quantitative estimate of drug-likeness (QED) is 0.311. The van der Waals surface area contributed by atoms with Crippen LogP contribution in [0.1, 0.15) is 75.3 Å². The van der Waals surface area contributed by atoms with Gasteiger partial charge in [-0.3, -0.25) is 4.79 Å². The number of quaternary nitrogens is 1. The molecule has 200 valence electrons. The summed E-state index contributed by atoms with van der Waals surface area (Å²) in [7, 11) is 2.31. The Hall–Kier alpha value is -2.37. The SMILES string of the molecule is C[N@+]1(CC2CC2)CC[C@@]2(c3cccc(O)c3)C[C@@H](NC(=O)CCCCCc3ccccc3)CCC2(O)C1. The van der Waals surface area contributed by atoms with Crippen LogP contribution in [0.25, 0.3) is 0 Å². The summed E-state index contributed by atoms with van der Waals surface area (Å²) in [6, 6.07) is 18.1. The van der Waals surface area contributed by atoms with Crippen LogP contribution in [0, 0.1) is 5.92 Å². The highest BCUT2D eigenvalue weighted by Gasteiger charge is 2.61. The number of aliphatic hydroxyl groups is 1. The molecule has 5 nitrogen and oxygen atoms in total. The van der Waals surface area contributed by atoms with E-state index in [4.69, 9.17) is 0 Å². The number of benzene rings is 2. The third-order valence-corrected chi connectivity index (χ3v) is 9.49. The zero-order valence-electron chi connectivity index (χ0n) is 22.5. The standard InChI is InChI=1S/C32H44N2O3/c1-34(23-26-15-16-26)20-19-31(27-12-8-13-29(35)21-27)22-28(17-18-32(31,37)24-34)33-30(36)14-7-3-6-11-25-9-4-2-5-10-25/h2,4-5,8-10,12-13,21,26,28,37H,3,6-7,11,14-20,22-24H2,1H3,(H-,33,35,36)/p+1/t28-,31-,32?,34+/m0/s1. The third kappa shape index (κ3) is 6.04. The van der Waals surface area contributed by atoms with Crippen LogP contribution >= 0.6 is 0 Å². The van der Waals surface area contributed by atoms with Crippen molar-refractivity contribution in [3.63, 3.8) is 0 Å². The Balaban J connectivity index is 1.21. The van der Waals surface area contributed by atoms with Crippen molar-refractivity contribution in [2.24, 2.45) is 5.92 Å². The first-order chi connectivity index (χ1) is 17.8. The van der Waals surface area contributed by atoms with Crippen molar-refractivity contribution in [3.8, 4) is 5.75 Å². The molecule has 5 heteroatoms. The second-order valence-corrected chi connectivity index (χ2v) is 12.6. The number of hydrogen-bond donors (Lipinski definition) is 3. The van der Waals surface area contributed by atoms with Crippen LogP contribution in [-0.2, 0) is 16.6 Å². The number of nitrogens with zero attached hydrogens (tertiary/aromatic N) is 1. The summed E-state index contributed by atoms with van der Waals surface area (Å²) >= 11 is 0. The molecular formula is C32H45N2O3+. The van der Waals surface area contributed by atoms with E-state index in [1.165, 1.54) is 18.4 Å². The van der Waals surface area contributed by atoms with Crippen LogP contribution in [0.3, 0.4) is 0 Å². The molecule has 1 heterocycles. The summed E-state index contributed by atoms with van der Waals surface area (Å²) in [5.41, 5.74) is 1.10. The molecule has 2 aliphatic carbocycles. The van der Waals surface area contributed by atoms with Gasteiger partial charge in [-0.15, -0.1) is 0 Å². The number of amides is 1. The number of fused-ring (bicyclic) bond motifs is 1. The van der Waals surface area contributed by atoms with Crippen LogP contribution in [0.5, 0.6) is 5.75 Å². The van der Waals surface area contributed by atoms with Gasteiger partial charge in [-0.05, 0) is 74.6 Å². The number of nitrogens with one attached hydrogen (secondary N) is 1. The van der Waals surface area contributed by atoms with Gasteiger partial charge < -0.3 is 20.0 Å². The molecule has 2 aromatic rings. The van der Waals surface area contributed by atoms with E-state index < -0.39 is 11.0 Å². The van der Waals surface area contributed by atoms with Crippen LogP contribution in [0.15, 0.2) is 54.6 Å². The molecule has 3 N–H and O–H groups in total. The third-order valence-electron chi connectivity index (χ3n) is 9.49. The molecule has 0 spiro atoms. The minimum absolute atomic E-state index is 0.0553. The molecule has 3 fully saturated rings. The van der Waals surface area contributed by atoms with Gasteiger partial charge in [0.1, 0.15) is 17.9 Å². The molecule has 4 atom stereocenters. The number of carbonyl (C=O) groups excluding carboxylic acids is 1. The van der Waals surface area contributed by atoms with Crippen LogP contribution in [-0.4, -0.2) is 58.9 Å². The second kappa shape index (κ2) is 10.8. The van der Waals surface area contributed by atoms with E-state index in [1.807, 2.05) is 18.2 Å². The summed E-state index contributed by atoms with van der Waals surface area (Å²) in [5, 5.41) is 25.9. The minimum atomic E-state index is -0.832. The van der Waals surface area contributed by atoms with Gasteiger partial charge in [0.05, 0.1) is 20.1 Å². The number of aryl methyl sites for hydroxylation is 1. The molecule has 2 aromatic carbocycles. The Labute approximate surface area is 222 Å². The first-order valence-corrected chi connectivity index (χ1v) is 14.5. The van der Waals surface area contributed by atoms with E-state index >= 15 is 0 Å². The van der Waals surface area contributed by atoms with Crippen LogP contribution < -0.4 is 5.32 Å². The number of unbranched alkanes of at least 4 members (excludes halogenated alkanes) is 2. The van der Waals surface area contributed by atoms with Gasteiger partial charge in [-0.1, -0.05) is 48.9 Å². The average Bonchev–Trinajstić information content (AvgIpc) is 3.68. The zero-order valence-corrected chi connectivity index (χ0v) is 22.5. The zero-order chi connectivity index (χ0) is 25.9. The number of hydrogen-bond acceptors (Lipinski definition) is 3. The van der Waals surface area contributed by atoms with Gasteiger partial charge >= 0.3 is 0 Å². The topological polar surface area (TPSA) is 69.6 Å². The highest BCUT2D eigenvalue weighted by molar-refractivity contribution is 5.76. The highest BCUT2D eigenvalue weighted by Crippen LogP contribution is 2.53. The maximum absolute atomic E-state index is 12.9. The molecule has 0 radical (unpaired) electrons. The Morgan fingerprint density at radius 2 is 1.84 bits per heavy atom. The van der Waals surface area contributed by atoms with E-state index in [1.54, 1.807) is 6.07 Å². The Morgan fingerprint density at radius 3 is 2.59 bits per heavy atom. The first kappa shape index (κ1) is 26.2. The van der Waals surface area contributed by atoms with E-state index in [-0.39, 0.29) is 17.7 Å². The normalized spacial score (nSPS) is 31.5. The highest BCUT2D eigenvalue weighted by atomic mass is 16.3. The smallest absolute Gasteiger partial charge is 0.220 e. The molecule has 0 bridgehead atoms. The van der Waals surface area contributed by atoms with E-state index in [0.29, 0.717) is 12.8 Å². The van der Waals surface area contributed by atoms with Crippen molar-refractivity contribution in [2.45, 2.75) is 87.7 Å². The summed E-state index contributed by atoms with van der Waals surface area (Å²) in [6.07, 6.45) is 10.4. The lowest BCUT2D eigenvalue weighted by Crippen LogP contribution is -2.71. The van der Waals surface area contributed by atoms with Crippen molar-refractivity contribution >= 4 is 5.91 Å². The molecule has 3 aliphatic rings. The maximum atomic E-state index is 12.9. The number of likely N-dealkylation sites (N-methyl/N-ethyl adjacent to an activating group) is 1. The maximum Gasteiger partial charge on any atom is 0.220 e. The molecule has 0 aromatic heterocycles. The van der Waals surface area contributed by atoms with E-state index in [9.17, 15) is 15.0 Å². The lowest BCUT2D eigenvalue weighted by atomic mass is 9.55. The number of rotatable bonds is 10. The van der Waals surface area contributed by atoms with Gasteiger partial charge in [-0.25, -0.2) is 0 Å². The lowest BCUT2D eigenvalue weighted by molar-refractivity contribution is -0.925. The Kier molecular flexibility index (Phi) is 7.65. The van der Waals surface area contributed by atoms with Gasteiger partial charge in [0.2, 0.25) is 5.91 Å². The molecular weight excluding hydrogens is 460 g/mol. The Morgan fingerprint density at radius 1 is 1.03 bits per heavy atom. The van der Waals surface area contributed by atoms with Gasteiger partial charge in [0.25, 0.3) is 0 Å². The second-order valence-electron chi connectivity index (χ2n) is 12.6. The lowest BCUT2D eigenvalue weighted by Gasteiger charge is -2.59. The number of piperidine rings is 1. The van der Waals surface area contributed by atoms with Gasteiger partial charge in [0.15, 0.2) is 0 Å². The van der Waals surface area contributed by atoms with Crippen molar-refractivity contribution in [1.29, 1.82) is 0 Å². The molecule has 5 rings (SSSR count). The average molecular weight is 506 g/mol. The van der Waals surface area contributed by atoms with Gasteiger partial charge in [0, 0.05) is 30.2 Å². The van der Waals surface area contributed by atoms with Gasteiger partial charge in [-0.2, -0.15) is 0 Å². The van der Waals surface area contributed by atoms with E-state index in [2.05, 4.69) is 42.7 Å². The molecule has 1 amide bonds. The number of aromatic hydroxyl groups is 1. The van der Waals surface area contributed by atoms with Crippen molar-refractivity contribution in [1.82, 2.24) is 5.32 Å². The van der Waals surface area contributed by atoms with Crippen molar-refractivity contribution in [3.05, 3.63) is 65.7 Å². The fraction of sp³-hybridized carbons (Fsp3) is 0.594. The predicted octanol–water partition coefficient (Wildman–Crippen LogP) is 5.09. The van der Waals surface area contributed by atoms with Crippen molar-refractivity contribution < 1.29 is 19.5 Å². The summed E-state index contributed by atoms with van der Waals surface area (Å²) in [6.45, 7) is 2.93. The van der Waals surface area contributed by atoms with Crippen molar-refractivity contribution in [2.75, 3.05) is 26.7 Å². The molecule has 37 heavy (non-hydrogen) atoms. The molecule has 1 aliphatic heterocycles. The van der Waals surface area contributed by atoms with E-state index in [0.717, 1.165) is 80.5 Å². The summed E-state index contributed by atoms with van der Waals surface area (Å²) in [5.74, 6) is 1.19. The predicted molar refractivity (Wildman–Crippen MR) is 147 cm³/mol. The number of phenols is 1. The largest absolute Gasteiger partial charge is 0.508 e. The summed E-state index contributed by atoms with van der Waals surface area (Å²) < 4.78 is 0.932. The van der Waals surface area contributed by atoms with Crippen LogP contribution in [0.4, 0.5) is 0 Å². The monoisotopic (exact) mass is 505 g/mol. The fourth-order valence-corrected chi connectivity index (χ4v) is 7.37. The minimum Gasteiger partial charge on any atom is -0.508 e. The molecule has 1 saturated heterocycles. The molecule has 1 unspecified atom stereocenters. The summed E-state index contributed by atoms with van der Waals surface area (Å²) in [4.78, 5) is 12.9. The number of carbonyl (C=O) groups is 1. The number of phenolic OH excluding ortho intramolecular Hbond substituents is 1. The first-order valence-electron chi connectivity index (χ1n) is 14.5.